The first-order valence-electron chi connectivity index (χ1n) is 6.91. The van der Waals surface area contributed by atoms with Gasteiger partial charge >= 0.3 is 7.60 Å². The minimum atomic E-state index is -4.11. The van der Waals surface area contributed by atoms with Gasteiger partial charge in [-0.3, -0.25) is 9.36 Å². The van der Waals surface area contributed by atoms with E-state index in [9.17, 15) is 9.36 Å². The Morgan fingerprint density at radius 1 is 1.00 bits per heavy atom. The van der Waals surface area contributed by atoms with E-state index in [1.807, 2.05) is 36.4 Å². The SMILES string of the molecule is O=C(NC(CCP(=O)(O)O)c1ccccc1)c1ccccc1. The molecule has 1 atom stereocenters. The van der Waals surface area contributed by atoms with Crippen LogP contribution in [0.3, 0.4) is 0 Å². The lowest BCUT2D eigenvalue weighted by Gasteiger charge is -2.19. The fourth-order valence-corrected chi connectivity index (χ4v) is 2.73. The Labute approximate surface area is 129 Å². The van der Waals surface area contributed by atoms with Gasteiger partial charge in [0, 0.05) is 5.56 Å². The van der Waals surface area contributed by atoms with Gasteiger partial charge in [0.1, 0.15) is 0 Å². The van der Waals surface area contributed by atoms with Crippen molar-refractivity contribution in [1.82, 2.24) is 5.32 Å². The van der Waals surface area contributed by atoms with Crippen molar-refractivity contribution in [2.45, 2.75) is 12.5 Å². The number of hydrogen-bond acceptors (Lipinski definition) is 2. The number of carbonyl (C=O) groups excluding carboxylic acids is 1. The molecule has 22 heavy (non-hydrogen) atoms. The summed E-state index contributed by atoms with van der Waals surface area (Å²) in [5.74, 6) is -0.264. The molecule has 2 rings (SSSR count). The van der Waals surface area contributed by atoms with Crippen LogP contribution in [0.15, 0.2) is 60.7 Å². The number of amides is 1. The molecule has 2 aromatic carbocycles. The van der Waals surface area contributed by atoms with Crippen molar-refractivity contribution >= 4 is 13.5 Å². The summed E-state index contributed by atoms with van der Waals surface area (Å²) in [6.07, 6.45) is -0.103. The number of carbonyl (C=O) groups is 1. The third-order valence-corrected chi connectivity index (χ3v) is 4.09. The van der Waals surface area contributed by atoms with Crippen LogP contribution in [0.2, 0.25) is 0 Å². The van der Waals surface area contributed by atoms with E-state index in [0.717, 1.165) is 5.56 Å². The first kappa shape index (κ1) is 16.4. The van der Waals surface area contributed by atoms with Gasteiger partial charge in [-0.25, -0.2) is 0 Å². The van der Waals surface area contributed by atoms with Gasteiger partial charge in [0.25, 0.3) is 5.91 Å². The van der Waals surface area contributed by atoms with Crippen molar-refractivity contribution in [3.8, 4) is 0 Å². The van der Waals surface area contributed by atoms with Gasteiger partial charge < -0.3 is 15.1 Å². The summed E-state index contributed by atoms with van der Waals surface area (Å²) in [5.41, 5.74) is 1.33. The van der Waals surface area contributed by atoms with E-state index in [1.54, 1.807) is 24.3 Å². The van der Waals surface area contributed by atoms with Gasteiger partial charge in [-0.2, -0.15) is 0 Å². The highest BCUT2D eigenvalue weighted by atomic mass is 31.2. The Kier molecular flexibility index (Phi) is 5.50. The van der Waals surface area contributed by atoms with E-state index in [2.05, 4.69) is 5.32 Å². The normalized spacial score (nSPS) is 12.6. The van der Waals surface area contributed by atoms with Gasteiger partial charge in [0.2, 0.25) is 0 Å². The molecule has 0 saturated carbocycles. The van der Waals surface area contributed by atoms with Gasteiger partial charge in [-0.05, 0) is 24.1 Å². The molecule has 2 aromatic rings. The fraction of sp³-hybridized carbons (Fsp3) is 0.188. The molecule has 116 valence electrons. The predicted molar refractivity (Wildman–Crippen MR) is 84.6 cm³/mol. The number of rotatable bonds is 6. The van der Waals surface area contributed by atoms with Crippen molar-refractivity contribution in [1.29, 1.82) is 0 Å². The second-order valence-corrected chi connectivity index (χ2v) is 6.76. The molecule has 0 aliphatic carbocycles. The number of hydrogen-bond donors (Lipinski definition) is 3. The highest BCUT2D eigenvalue weighted by molar-refractivity contribution is 7.51. The van der Waals surface area contributed by atoms with Gasteiger partial charge in [-0.15, -0.1) is 0 Å². The predicted octanol–water partition coefficient (Wildman–Crippen LogP) is 2.73. The molecular weight excluding hydrogens is 301 g/mol. The highest BCUT2D eigenvalue weighted by Crippen LogP contribution is 2.37. The zero-order chi connectivity index (χ0) is 16.0. The second-order valence-electron chi connectivity index (χ2n) is 4.98. The molecule has 1 amide bonds. The number of benzene rings is 2. The van der Waals surface area contributed by atoms with E-state index in [1.165, 1.54) is 0 Å². The van der Waals surface area contributed by atoms with E-state index >= 15 is 0 Å². The Morgan fingerprint density at radius 3 is 2.09 bits per heavy atom. The summed E-state index contributed by atoms with van der Waals surface area (Å²) >= 11 is 0. The third kappa shape index (κ3) is 5.11. The summed E-state index contributed by atoms with van der Waals surface area (Å²) in [5, 5.41) is 2.84. The first-order valence-corrected chi connectivity index (χ1v) is 8.71. The summed E-state index contributed by atoms with van der Waals surface area (Å²) in [7, 11) is -4.11. The number of nitrogens with one attached hydrogen (secondary N) is 1. The highest BCUT2D eigenvalue weighted by Gasteiger charge is 2.20. The lowest BCUT2D eigenvalue weighted by molar-refractivity contribution is 0.0935. The van der Waals surface area contributed by atoms with Crippen LogP contribution in [0.5, 0.6) is 0 Å². The molecule has 0 aromatic heterocycles. The fourth-order valence-electron chi connectivity index (χ4n) is 2.14. The maximum Gasteiger partial charge on any atom is 0.325 e. The Hall–Kier alpha value is -1.94. The van der Waals surface area contributed by atoms with Crippen LogP contribution in [0, 0.1) is 0 Å². The van der Waals surface area contributed by atoms with Crippen LogP contribution >= 0.6 is 7.60 Å². The summed E-state index contributed by atoms with van der Waals surface area (Å²) in [4.78, 5) is 30.4. The van der Waals surface area contributed by atoms with Crippen LogP contribution in [0.4, 0.5) is 0 Å². The van der Waals surface area contributed by atoms with Crippen LogP contribution in [0.1, 0.15) is 28.4 Å². The third-order valence-electron chi connectivity index (χ3n) is 3.25. The largest absolute Gasteiger partial charge is 0.345 e. The van der Waals surface area contributed by atoms with E-state index in [0.29, 0.717) is 5.56 Å². The molecule has 0 saturated heterocycles. The van der Waals surface area contributed by atoms with Crippen molar-refractivity contribution in [3.05, 3.63) is 71.8 Å². The average Bonchev–Trinajstić information content (AvgIpc) is 2.52. The lowest BCUT2D eigenvalue weighted by Crippen LogP contribution is -2.29. The summed E-state index contributed by atoms with van der Waals surface area (Å²) in [6, 6.07) is 17.5. The van der Waals surface area contributed by atoms with Crippen molar-refractivity contribution in [2.75, 3.05) is 6.16 Å². The second kappa shape index (κ2) is 7.36. The molecule has 6 heteroatoms. The molecular formula is C16H18NO4P. The van der Waals surface area contributed by atoms with Crippen LogP contribution in [-0.2, 0) is 4.57 Å². The van der Waals surface area contributed by atoms with E-state index in [-0.39, 0.29) is 18.5 Å². The Balaban J connectivity index is 2.14. The minimum Gasteiger partial charge on any atom is -0.345 e. The molecule has 0 radical (unpaired) electrons. The smallest absolute Gasteiger partial charge is 0.325 e. The van der Waals surface area contributed by atoms with Crippen LogP contribution < -0.4 is 5.32 Å². The molecule has 0 aliphatic rings. The van der Waals surface area contributed by atoms with Crippen molar-refractivity contribution in [3.63, 3.8) is 0 Å². The van der Waals surface area contributed by atoms with Gasteiger partial charge in [0.05, 0.1) is 12.2 Å². The molecule has 1 unspecified atom stereocenters. The molecule has 0 spiro atoms. The topological polar surface area (TPSA) is 86.6 Å². The molecule has 3 N–H and O–H groups in total. The lowest BCUT2D eigenvalue weighted by atomic mass is 10.0. The zero-order valence-corrected chi connectivity index (χ0v) is 12.8. The van der Waals surface area contributed by atoms with Crippen molar-refractivity contribution < 1.29 is 19.1 Å². The zero-order valence-electron chi connectivity index (χ0n) is 11.9. The maximum atomic E-state index is 12.2. The van der Waals surface area contributed by atoms with Gasteiger partial charge in [-0.1, -0.05) is 48.5 Å². The maximum absolute atomic E-state index is 12.2. The quantitative estimate of drug-likeness (QED) is 0.715. The molecule has 0 fully saturated rings. The standard InChI is InChI=1S/C16H18NO4P/c18-16(14-9-5-2-6-10-14)17-15(11-12-22(19,20)21)13-7-3-1-4-8-13/h1-10,15H,11-12H2,(H,17,18)(H2,19,20,21). The summed E-state index contributed by atoms with van der Waals surface area (Å²) in [6.45, 7) is 0. The van der Waals surface area contributed by atoms with Gasteiger partial charge in [0.15, 0.2) is 0 Å². The molecule has 5 nitrogen and oxygen atoms in total. The van der Waals surface area contributed by atoms with E-state index < -0.39 is 13.6 Å². The molecule has 0 heterocycles. The minimum absolute atomic E-state index is 0.173. The van der Waals surface area contributed by atoms with Crippen molar-refractivity contribution in [2.24, 2.45) is 0 Å². The molecule has 0 aliphatic heterocycles. The average molecular weight is 319 g/mol. The monoisotopic (exact) mass is 319 g/mol. The van der Waals surface area contributed by atoms with E-state index in [4.69, 9.17) is 9.79 Å². The van der Waals surface area contributed by atoms with Crippen LogP contribution in [-0.4, -0.2) is 21.9 Å². The molecule has 0 bridgehead atoms. The Morgan fingerprint density at radius 2 is 1.55 bits per heavy atom. The summed E-state index contributed by atoms with van der Waals surface area (Å²) < 4.78 is 11.1. The van der Waals surface area contributed by atoms with Crippen LogP contribution in [0.25, 0.3) is 0 Å². The Bertz CT molecular complexity index is 654. The first-order chi connectivity index (χ1) is 10.5.